The average molecular weight is 279 g/mol. The molecule has 1 atom stereocenters. The Balaban J connectivity index is 1.86. The summed E-state index contributed by atoms with van der Waals surface area (Å²) in [5.74, 6) is -0.217. The largest absolute Gasteiger partial charge is 0.379 e. The minimum atomic E-state index is -0.217. The molecule has 0 aromatic carbocycles. The maximum absolute atomic E-state index is 12.0. The van der Waals surface area contributed by atoms with E-state index in [-0.39, 0.29) is 11.5 Å². The van der Waals surface area contributed by atoms with Crippen molar-refractivity contribution in [3.8, 4) is 0 Å². The topological polar surface area (TPSA) is 63.6 Å². The average Bonchev–Trinajstić information content (AvgIpc) is 2.44. The fourth-order valence-electron chi connectivity index (χ4n) is 2.29. The van der Waals surface area contributed by atoms with E-state index in [1.54, 1.807) is 19.2 Å². The molecule has 1 aromatic heterocycles. The van der Waals surface area contributed by atoms with Gasteiger partial charge in [-0.25, -0.2) is 0 Å². The lowest BCUT2D eigenvalue weighted by Crippen LogP contribution is -2.47. The number of nitrogens with zero attached hydrogens (tertiary/aromatic N) is 2. The first-order valence-corrected chi connectivity index (χ1v) is 6.85. The highest BCUT2D eigenvalue weighted by Crippen LogP contribution is 2.04. The van der Waals surface area contributed by atoms with Crippen molar-refractivity contribution in [2.24, 2.45) is 7.05 Å². The van der Waals surface area contributed by atoms with Crippen LogP contribution in [-0.4, -0.2) is 54.3 Å². The molecule has 1 aliphatic heterocycles. The molecule has 0 radical (unpaired) electrons. The fraction of sp³-hybridized carbons (Fsp3) is 0.571. The number of ether oxygens (including phenoxy) is 1. The summed E-state index contributed by atoms with van der Waals surface area (Å²) < 4.78 is 6.72. The Bertz CT molecular complexity index is 527. The number of aromatic nitrogens is 1. The minimum Gasteiger partial charge on any atom is -0.379 e. The van der Waals surface area contributed by atoms with Gasteiger partial charge in [0.2, 0.25) is 0 Å². The standard InChI is InChI=1S/C14H21N3O3/c1-11-10-20-9-8-17(11)7-6-15-14(19)12-4-3-5-13(18)16(12)2/h3-5,11H,6-10H2,1-2H3,(H,15,19). The van der Waals surface area contributed by atoms with Crippen LogP contribution in [0.1, 0.15) is 17.4 Å². The molecule has 0 bridgehead atoms. The van der Waals surface area contributed by atoms with Crippen LogP contribution in [0.5, 0.6) is 0 Å². The van der Waals surface area contributed by atoms with Crippen molar-refractivity contribution in [3.63, 3.8) is 0 Å². The van der Waals surface area contributed by atoms with E-state index in [1.165, 1.54) is 10.6 Å². The molecule has 1 saturated heterocycles. The first kappa shape index (κ1) is 14.7. The van der Waals surface area contributed by atoms with Gasteiger partial charge in [-0.15, -0.1) is 0 Å². The van der Waals surface area contributed by atoms with Crippen molar-refractivity contribution >= 4 is 5.91 Å². The van der Waals surface area contributed by atoms with Gasteiger partial charge in [0.15, 0.2) is 0 Å². The molecule has 2 rings (SSSR count). The second-order valence-corrected chi connectivity index (χ2v) is 5.02. The number of morpholine rings is 1. The maximum atomic E-state index is 12.0. The lowest BCUT2D eigenvalue weighted by molar-refractivity contribution is 0.000530. The van der Waals surface area contributed by atoms with E-state index in [2.05, 4.69) is 17.1 Å². The fourth-order valence-corrected chi connectivity index (χ4v) is 2.29. The lowest BCUT2D eigenvalue weighted by Gasteiger charge is -2.33. The second-order valence-electron chi connectivity index (χ2n) is 5.02. The van der Waals surface area contributed by atoms with Crippen molar-refractivity contribution in [2.45, 2.75) is 13.0 Å². The number of carbonyl (C=O) groups excluding carboxylic acids is 1. The van der Waals surface area contributed by atoms with E-state index in [0.717, 1.165) is 26.3 Å². The van der Waals surface area contributed by atoms with Gasteiger partial charge in [-0.2, -0.15) is 0 Å². The van der Waals surface area contributed by atoms with Crippen molar-refractivity contribution < 1.29 is 9.53 Å². The van der Waals surface area contributed by atoms with Crippen LogP contribution < -0.4 is 10.9 Å². The minimum absolute atomic E-state index is 0.181. The van der Waals surface area contributed by atoms with Gasteiger partial charge in [-0.1, -0.05) is 6.07 Å². The number of pyridine rings is 1. The molecule has 6 nitrogen and oxygen atoms in total. The van der Waals surface area contributed by atoms with Crippen molar-refractivity contribution in [1.29, 1.82) is 0 Å². The van der Waals surface area contributed by atoms with Gasteiger partial charge < -0.3 is 14.6 Å². The van der Waals surface area contributed by atoms with E-state index in [1.807, 2.05) is 0 Å². The number of hydrogen-bond acceptors (Lipinski definition) is 4. The maximum Gasteiger partial charge on any atom is 0.268 e. The highest BCUT2D eigenvalue weighted by Gasteiger charge is 2.18. The quantitative estimate of drug-likeness (QED) is 0.831. The molecule has 0 aliphatic carbocycles. The predicted octanol–water partition coefficient (Wildman–Crippen LogP) is -0.164. The summed E-state index contributed by atoms with van der Waals surface area (Å²) in [7, 11) is 1.60. The molecule has 1 amide bonds. The number of amides is 1. The van der Waals surface area contributed by atoms with Gasteiger partial charge in [0, 0.05) is 38.8 Å². The number of nitrogens with one attached hydrogen (secondary N) is 1. The molecule has 110 valence electrons. The molecule has 20 heavy (non-hydrogen) atoms. The van der Waals surface area contributed by atoms with Crippen LogP contribution in [0, 0.1) is 0 Å². The molecule has 6 heteroatoms. The van der Waals surface area contributed by atoms with Crippen LogP contribution in [0.2, 0.25) is 0 Å². The first-order chi connectivity index (χ1) is 9.59. The van der Waals surface area contributed by atoms with Gasteiger partial charge in [-0.05, 0) is 13.0 Å². The lowest BCUT2D eigenvalue weighted by atomic mass is 10.2. The second kappa shape index (κ2) is 6.67. The van der Waals surface area contributed by atoms with Gasteiger partial charge in [0.1, 0.15) is 5.69 Å². The molecule has 1 unspecified atom stereocenters. The summed E-state index contributed by atoms with van der Waals surface area (Å²) >= 11 is 0. The third-order valence-electron chi connectivity index (χ3n) is 3.61. The smallest absolute Gasteiger partial charge is 0.268 e. The monoisotopic (exact) mass is 279 g/mol. The summed E-state index contributed by atoms with van der Waals surface area (Å²) in [5.41, 5.74) is 0.201. The Morgan fingerprint density at radius 3 is 3.05 bits per heavy atom. The van der Waals surface area contributed by atoms with Crippen molar-refractivity contribution in [3.05, 3.63) is 34.2 Å². The Morgan fingerprint density at radius 2 is 2.30 bits per heavy atom. The molecule has 0 saturated carbocycles. The van der Waals surface area contributed by atoms with Crippen LogP contribution in [0.4, 0.5) is 0 Å². The van der Waals surface area contributed by atoms with Gasteiger partial charge in [0.05, 0.1) is 13.2 Å². The molecule has 2 heterocycles. The van der Waals surface area contributed by atoms with Crippen LogP contribution in [0.15, 0.2) is 23.0 Å². The number of carbonyl (C=O) groups is 1. The molecular formula is C14H21N3O3. The predicted molar refractivity (Wildman–Crippen MR) is 75.9 cm³/mol. The van der Waals surface area contributed by atoms with E-state index in [4.69, 9.17) is 4.74 Å². The first-order valence-electron chi connectivity index (χ1n) is 6.85. The Hall–Kier alpha value is -1.66. The van der Waals surface area contributed by atoms with E-state index >= 15 is 0 Å². The van der Waals surface area contributed by atoms with E-state index < -0.39 is 0 Å². The Labute approximate surface area is 118 Å². The SMILES string of the molecule is CC1COCCN1CCNC(=O)c1cccc(=O)n1C. The highest BCUT2D eigenvalue weighted by atomic mass is 16.5. The zero-order chi connectivity index (χ0) is 14.5. The van der Waals surface area contributed by atoms with E-state index in [9.17, 15) is 9.59 Å². The molecular weight excluding hydrogens is 258 g/mol. The summed E-state index contributed by atoms with van der Waals surface area (Å²) in [6.07, 6.45) is 0. The van der Waals surface area contributed by atoms with E-state index in [0.29, 0.717) is 18.3 Å². The van der Waals surface area contributed by atoms with Gasteiger partial charge in [0.25, 0.3) is 11.5 Å². The third-order valence-corrected chi connectivity index (χ3v) is 3.61. The summed E-state index contributed by atoms with van der Waals surface area (Å²) in [4.78, 5) is 25.8. The molecule has 1 aromatic rings. The third kappa shape index (κ3) is 3.46. The van der Waals surface area contributed by atoms with Crippen LogP contribution in [0.3, 0.4) is 0 Å². The van der Waals surface area contributed by atoms with Crippen molar-refractivity contribution in [2.75, 3.05) is 32.8 Å². The van der Waals surface area contributed by atoms with Crippen LogP contribution in [-0.2, 0) is 11.8 Å². The summed E-state index contributed by atoms with van der Waals surface area (Å²) in [6, 6.07) is 5.06. The van der Waals surface area contributed by atoms with Crippen LogP contribution >= 0.6 is 0 Å². The summed E-state index contributed by atoms with van der Waals surface area (Å²) in [6.45, 7) is 5.83. The Kier molecular flexibility index (Phi) is 4.92. The van der Waals surface area contributed by atoms with Gasteiger partial charge >= 0.3 is 0 Å². The zero-order valence-electron chi connectivity index (χ0n) is 12.0. The summed E-state index contributed by atoms with van der Waals surface area (Å²) in [5, 5.41) is 2.85. The highest BCUT2D eigenvalue weighted by molar-refractivity contribution is 5.92. The normalized spacial score (nSPS) is 19.8. The van der Waals surface area contributed by atoms with Crippen LogP contribution in [0.25, 0.3) is 0 Å². The molecule has 1 N–H and O–H groups in total. The number of rotatable bonds is 4. The molecule has 1 fully saturated rings. The number of hydrogen-bond donors (Lipinski definition) is 1. The van der Waals surface area contributed by atoms with Gasteiger partial charge in [-0.3, -0.25) is 14.5 Å². The molecule has 1 aliphatic rings. The Morgan fingerprint density at radius 1 is 1.50 bits per heavy atom. The molecule has 0 spiro atoms. The van der Waals surface area contributed by atoms with Crippen molar-refractivity contribution in [1.82, 2.24) is 14.8 Å². The zero-order valence-corrected chi connectivity index (χ0v) is 12.0.